The van der Waals surface area contributed by atoms with E-state index >= 15 is 0 Å². The summed E-state index contributed by atoms with van der Waals surface area (Å²) in [5.74, 6) is -0.757. The molecule has 0 radical (unpaired) electrons. The van der Waals surface area contributed by atoms with Crippen LogP contribution in [0.3, 0.4) is 0 Å². The van der Waals surface area contributed by atoms with Gasteiger partial charge in [-0.15, -0.1) is 0 Å². The lowest BCUT2D eigenvalue weighted by Gasteiger charge is -2.34. The molecule has 236 valence electrons. The fraction of sp³-hybridized carbons (Fsp3) is 0.297. The fourth-order valence-corrected chi connectivity index (χ4v) is 6.58. The molecule has 7 nitrogen and oxygen atoms in total. The number of sulfonamides is 1. The molecular formula is C37H43N3O4S. The van der Waals surface area contributed by atoms with E-state index in [0.717, 1.165) is 28.7 Å². The van der Waals surface area contributed by atoms with Crippen molar-refractivity contribution in [2.45, 2.75) is 71.0 Å². The Morgan fingerprint density at radius 1 is 0.778 bits per heavy atom. The van der Waals surface area contributed by atoms with Gasteiger partial charge in [0.15, 0.2) is 0 Å². The normalized spacial score (nSPS) is 12.6. The van der Waals surface area contributed by atoms with E-state index in [9.17, 15) is 18.0 Å². The predicted octanol–water partition coefficient (Wildman–Crippen LogP) is 6.36. The molecule has 8 heteroatoms. The maximum Gasteiger partial charge on any atom is 0.264 e. The first-order chi connectivity index (χ1) is 21.5. The largest absolute Gasteiger partial charge is 0.352 e. The van der Waals surface area contributed by atoms with Gasteiger partial charge in [0.1, 0.15) is 12.6 Å². The summed E-state index contributed by atoms with van der Waals surface area (Å²) < 4.78 is 29.7. The van der Waals surface area contributed by atoms with Gasteiger partial charge in [0.25, 0.3) is 10.0 Å². The minimum absolute atomic E-state index is 0.0896. The number of aryl methyl sites for hydroxylation is 3. The van der Waals surface area contributed by atoms with Gasteiger partial charge in [-0.05, 0) is 74.6 Å². The van der Waals surface area contributed by atoms with Crippen LogP contribution < -0.4 is 9.62 Å². The van der Waals surface area contributed by atoms with Crippen molar-refractivity contribution in [2.75, 3.05) is 10.8 Å². The Labute approximate surface area is 268 Å². The Bertz CT molecular complexity index is 1690. The van der Waals surface area contributed by atoms with Crippen molar-refractivity contribution in [1.29, 1.82) is 0 Å². The predicted molar refractivity (Wildman–Crippen MR) is 180 cm³/mol. The molecule has 1 N–H and O–H groups in total. The van der Waals surface area contributed by atoms with Gasteiger partial charge in [-0.1, -0.05) is 97.4 Å². The lowest BCUT2D eigenvalue weighted by molar-refractivity contribution is -0.140. The number of rotatable bonds is 13. The molecule has 45 heavy (non-hydrogen) atoms. The van der Waals surface area contributed by atoms with Crippen LogP contribution in [-0.2, 0) is 32.6 Å². The first-order valence-electron chi connectivity index (χ1n) is 15.3. The number of carbonyl (C=O) groups excluding carboxylic acids is 2. The molecule has 2 amide bonds. The average molecular weight is 626 g/mol. The Morgan fingerprint density at radius 3 is 1.96 bits per heavy atom. The quantitative estimate of drug-likeness (QED) is 0.187. The summed E-state index contributed by atoms with van der Waals surface area (Å²) in [5.41, 5.74) is 4.66. The van der Waals surface area contributed by atoms with Crippen LogP contribution >= 0.6 is 0 Å². The van der Waals surface area contributed by atoms with Crippen LogP contribution in [0.5, 0.6) is 0 Å². The highest BCUT2D eigenvalue weighted by Gasteiger charge is 2.35. The van der Waals surface area contributed by atoms with Gasteiger partial charge in [-0.2, -0.15) is 0 Å². The number of nitrogens with zero attached hydrogens (tertiary/aromatic N) is 2. The lowest BCUT2D eigenvalue weighted by atomic mass is 10.0. The molecule has 0 spiro atoms. The third-order valence-electron chi connectivity index (χ3n) is 7.99. The van der Waals surface area contributed by atoms with Crippen LogP contribution in [0, 0.1) is 20.8 Å². The van der Waals surface area contributed by atoms with Gasteiger partial charge in [0, 0.05) is 19.0 Å². The highest BCUT2D eigenvalue weighted by Crippen LogP contribution is 2.29. The van der Waals surface area contributed by atoms with Gasteiger partial charge in [0.2, 0.25) is 11.8 Å². The molecule has 0 aromatic heterocycles. The highest BCUT2D eigenvalue weighted by molar-refractivity contribution is 7.92. The Morgan fingerprint density at radius 2 is 1.36 bits per heavy atom. The summed E-state index contributed by atoms with van der Waals surface area (Å²) in [6.07, 6.45) is 1.00. The van der Waals surface area contributed by atoms with E-state index in [1.165, 1.54) is 9.21 Å². The second-order valence-corrected chi connectivity index (χ2v) is 13.5. The number of amides is 2. The topological polar surface area (TPSA) is 86.8 Å². The zero-order valence-electron chi connectivity index (χ0n) is 26.7. The van der Waals surface area contributed by atoms with Gasteiger partial charge in [-0.25, -0.2) is 8.42 Å². The molecule has 0 aliphatic rings. The number of benzene rings is 4. The van der Waals surface area contributed by atoms with Crippen LogP contribution in [0.15, 0.2) is 108 Å². The first kappa shape index (κ1) is 33.5. The van der Waals surface area contributed by atoms with Crippen molar-refractivity contribution in [3.8, 4) is 0 Å². The Hall–Kier alpha value is -4.43. The van der Waals surface area contributed by atoms with Crippen LogP contribution in [-0.4, -0.2) is 43.8 Å². The highest BCUT2D eigenvalue weighted by atomic mass is 32.2. The van der Waals surface area contributed by atoms with Gasteiger partial charge in [-0.3, -0.25) is 13.9 Å². The third kappa shape index (κ3) is 8.60. The molecule has 4 aromatic rings. The van der Waals surface area contributed by atoms with Crippen molar-refractivity contribution < 1.29 is 18.0 Å². The van der Waals surface area contributed by atoms with E-state index in [1.54, 1.807) is 30.3 Å². The van der Waals surface area contributed by atoms with E-state index in [-0.39, 0.29) is 29.8 Å². The molecular weight excluding hydrogens is 582 g/mol. The van der Waals surface area contributed by atoms with Crippen molar-refractivity contribution in [3.63, 3.8) is 0 Å². The molecule has 4 aromatic carbocycles. The summed E-state index contributed by atoms with van der Waals surface area (Å²) in [6, 6.07) is 30.2. The maximum atomic E-state index is 14.6. The maximum absolute atomic E-state index is 14.6. The van der Waals surface area contributed by atoms with Crippen molar-refractivity contribution in [1.82, 2.24) is 10.2 Å². The van der Waals surface area contributed by atoms with E-state index in [1.807, 2.05) is 107 Å². The lowest BCUT2D eigenvalue weighted by Crippen LogP contribution is -2.54. The summed E-state index contributed by atoms with van der Waals surface area (Å²) in [7, 11) is -4.15. The molecule has 2 atom stereocenters. The van der Waals surface area contributed by atoms with E-state index in [2.05, 4.69) is 5.32 Å². The second-order valence-electron chi connectivity index (χ2n) is 11.6. The monoisotopic (exact) mass is 625 g/mol. The summed E-state index contributed by atoms with van der Waals surface area (Å²) in [5, 5.41) is 3.07. The third-order valence-corrected chi connectivity index (χ3v) is 9.76. The van der Waals surface area contributed by atoms with Gasteiger partial charge >= 0.3 is 0 Å². The Balaban J connectivity index is 1.82. The van der Waals surface area contributed by atoms with Crippen LogP contribution in [0.1, 0.15) is 48.1 Å². The molecule has 0 unspecified atom stereocenters. The number of nitrogens with one attached hydrogen (secondary N) is 1. The summed E-state index contributed by atoms with van der Waals surface area (Å²) in [6.45, 7) is 9.18. The van der Waals surface area contributed by atoms with E-state index < -0.39 is 28.5 Å². The summed E-state index contributed by atoms with van der Waals surface area (Å²) >= 11 is 0. The van der Waals surface area contributed by atoms with E-state index in [4.69, 9.17) is 0 Å². The van der Waals surface area contributed by atoms with Gasteiger partial charge in [0.05, 0.1) is 10.6 Å². The zero-order valence-corrected chi connectivity index (χ0v) is 27.6. The summed E-state index contributed by atoms with van der Waals surface area (Å²) in [4.78, 5) is 30.1. The molecule has 0 saturated carbocycles. The number of anilines is 1. The second kappa shape index (κ2) is 15.0. The van der Waals surface area contributed by atoms with Crippen LogP contribution in [0.25, 0.3) is 0 Å². The van der Waals surface area contributed by atoms with Crippen molar-refractivity contribution >= 4 is 27.5 Å². The number of hydrogen-bond donors (Lipinski definition) is 1. The molecule has 4 rings (SSSR count). The van der Waals surface area contributed by atoms with Crippen LogP contribution in [0.4, 0.5) is 5.69 Å². The number of hydrogen-bond acceptors (Lipinski definition) is 4. The standard InChI is InChI=1S/C37H43N3O4S/c1-6-30(5)38-37(42)35(24-31-13-9-7-10-14-31)39(25-32-15-11-8-12-16-32)36(41)26-40(34-23-28(3)17-20-29(34)4)45(43,44)33-21-18-27(2)19-22-33/h7-23,30,35H,6,24-26H2,1-5H3,(H,38,42)/t30-,35+/m0/s1. The van der Waals surface area contributed by atoms with Crippen molar-refractivity contribution in [2.24, 2.45) is 0 Å². The SMILES string of the molecule is CC[C@H](C)NC(=O)[C@@H](Cc1ccccc1)N(Cc1ccccc1)C(=O)CN(c1cc(C)ccc1C)S(=O)(=O)c1ccc(C)cc1. The minimum Gasteiger partial charge on any atom is -0.352 e. The average Bonchev–Trinajstić information content (AvgIpc) is 3.03. The van der Waals surface area contributed by atoms with Gasteiger partial charge < -0.3 is 10.2 Å². The van der Waals surface area contributed by atoms with E-state index in [0.29, 0.717) is 11.3 Å². The fourth-order valence-electron chi connectivity index (χ4n) is 5.11. The first-order valence-corrected chi connectivity index (χ1v) is 16.8. The van der Waals surface area contributed by atoms with Crippen LogP contribution in [0.2, 0.25) is 0 Å². The Kier molecular flexibility index (Phi) is 11.2. The minimum atomic E-state index is -4.15. The van der Waals surface area contributed by atoms with Crippen molar-refractivity contribution in [3.05, 3.63) is 131 Å². The molecule has 0 bridgehead atoms. The molecule has 0 saturated heterocycles. The zero-order chi connectivity index (χ0) is 32.6. The number of carbonyl (C=O) groups is 2. The molecule has 0 aliphatic heterocycles. The molecule has 0 heterocycles. The smallest absolute Gasteiger partial charge is 0.264 e. The molecule has 0 fully saturated rings. The molecule has 0 aliphatic carbocycles.